The van der Waals surface area contributed by atoms with Crippen molar-refractivity contribution in [1.29, 1.82) is 0 Å². The van der Waals surface area contributed by atoms with Crippen molar-refractivity contribution in [1.82, 2.24) is 15.0 Å². The second-order valence-electron chi connectivity index (χ2n) is 10.3. The minimum atomic E-state index is -3.58. The third-order valence-electron chi connectivity index (χ3n) is 6.72. The highest BCUT2D eigenvalue weighted by Gasteiger charge is 2.65. The molecule has 39 heavy (non-hydrogen) atoms. The van der Waals surface area contributed by atoms with E-state index in [0.717, 1.165) is 32.7 Å². The van der Waals surface area contributed by atoms with Crippen molar-refractivity contribution in [2.24, 2.45) is 5.92 Å². The number of ether oxygens (including phenoxy) is 2. The van der Waals surface area contributed by atoms with E-state index in [9.17, 15) is 8.42 Å². The Hall–Kier alpha value is -2.68. The molecule has 1 aromatic carbocycles. The number of hydrogen-bond donors (Lipinski definition) is 2. The first-order chi connectivity index (χ1) is 18.5. The molecule has 2 aliphatic rings. The monoisotopic (exact) mass is 587 g/mol. The molecule has 0 spiro atoms. The molecular formula is C26H29N5O5S3. The van der Waals surface area contributed by atoms with Crippen molar-refractivity contribution in [2.75, 3.05) is 23.5 Å². The molecule has 206 valence electrons. The summed E-state index contributed by atoms with van der Waals surface area (Å²) in [5.74, 6) is 0.00880. The second-order valence-corrected chi connectivity index (χ2v) is 14.0. The first kappa shape index (κ1) is 26.5. The van der Waals surface area contributed by atoms with E-state index >= 15 is 0 Å². The van der Waals surface area contributed by atoms with Gasteiger partial charge in [-0.1, -0.05) is 18.2 Å². The van der Waals surface area contributed by atoms with Crippen LogP contribution in [0.25, 0.3) is 20.8 Å². The number of thiophene rings is 1. The van der Waals surface area contributed by atoms with Crippen LogP contribution in [0.1, 0.15) is 30.8 Å². The Bertz CT molecular complexity index is 1590. The van der Waals surface area contributed by atoms with Gasteiger partial charge in [-0.25, -0.2) is 9.97 Å². The molecule has 3 atom stereocenters. The molecule has 1 saturated heterocycles. The van der Waals surface area contributed by atoms with E-state index in [4.69, 9.17) is 28.6 Å². The van der Waals surface area contributed by atoms with Gasteiger partial charge in [0.05, 0.1) is 40.9 Å². The summed E-state index contributed by atoms with van der Waals surface area (Å²) in [6, 6.07) is 12.1. The van der Waals surface area contributed by atoms with Gasteiger partial charge < -0.3 is 20.1 Å². The summed E-state index contributed by atoms with van der Waals surface area (Å²) in [7, 11) is -3.58. The van der Waals surface area contributed by atoms with Gasteiger partial charge in [-0.15, -0.1) is 22.7 Å². The summed E-state index contributed by atoms with van der Waals surface area (Å²) >= 11 is 3.24. The number of aryl methyl sites for hydroxylation is 1. The van der Waals surface area contributed by atoms with Crippen molar-refractivity contribution < 1.29 is 22.1 Å². The maximum Gasteiger partial charge on any atom is 0.264 e. The first-order valence-corrected chi connectivity index (χ1v) is 16.0. The predicted molar refractivity (Wildman–Crippen MR) is 152 cm³/mol. The van der Waals surface area contributed by atoms with Crippen molar-refractivity contribution in [3.8, 4) is 10.6 Å². The van der Waals surface area contributed by atoms with Crippen LogP contribution in [0.5, 0.6) is 0 Å². The fourth-order valence-corrected chi connectivity index (χ4v) is 7.29. The van der Waals surface area contributed by atoms with Gasteiger partial charge in [0, 0.05) is 17.2 Å². The molecule has 1 saturated carbocycles. The summed E-state index contributed by atoms with van der Waals surface area (Å²) in [6.07, 6.45) is 1.10. The zero-order valence-corrected chi connectivity index (χ0v) is 24.4. The fraction of sp³-hybridized carbons (Fsp3) is 0.423. The van der Waals surface area contributed by atoms with Crippen LogP contribution in [0, 0.1) is 12.8 Å². The molecule has 4 aromatic rings. The van der Waals surface area contributed by atoms with Crippen molar-refractivity contribution in [3.05, 3.63) is 52.3 Å². The van der Waals surface area contributed by atoms with Crippen molar-refractivity contribution in [3.63, 3.8) is 0 Å². The lowest BCUT2D eigenvalue weighted by Gasteiger charge is -2.48. The molecule has 1 aliphatic heterocycles. The SMILES string of the molecule is Cc1nc(NCc2cccs2)nc(N[C@]23C[C@H](COS(C)(=O)=O)[C@H]2OC(C)(C)O3)c1-c1nc2ccccc2s1. The van der Waals surface area contributed by atoms with E-state index in [1.54, 1.807) is 22.7 Å². The number of thiazole rings is 1. The Balaban J connectivity index is 1.37. The molecule has 2 fully saturated rings. The molecule has 0 amide bonds. The Kier molecular flexibility index (Phi) is 6.63. The Morgan fingerprint density at radius 3 is 2.72 bits per heavy atom. The molecule has 6 rings (SSSR count). The lowest BCUT2D eigenvalue weighted by molar-refractivity contribution is -0.152. The van der Waals surface area contributed by atoms with E-state index in [2.05, 4.69) is 16.7 Å². The zero-order chi connectivity index (χ0) is 27.4. The number of para-hydroxylation sites is 1. The minimum Gasteiger partial charge on any atom is -0.349 e. The summed E-state index contributed by atoms with van der Waals surface area (Å²) in [5.41, 5.74) is 1.55. The largest absolute Gasteiger partial charge is 0.349 e. The molecule has 4 heterocycles. The van der Waals surface area contributed by atoms with Crippen LogP contribution in [0.4, 0.5) is 11.8 Å². The van der Waals surface area contributed by atoms with Crippen LogP contribution >= 0.6 is 22.7 Å². The third kappa shape index (κ3) is 5.39. The number of anilines is 2. The van der Waals surface area contributed by atoms with Gasteiger partial charge in [0.25, 0.3) is 10.1 Å². The fourth-order valence-electron chi connectivity index (χ4n) is 5.15. The molecule has 0 radical (unpaired) electrons. The number of fused-ring (bicyclic) bond motifs is 2. The lowest BCUT2D eigenvalue weighted by atomic mass is 9.74. The number of nitrogens with zero attached hydrogens (tertiary/aromatic N) is 3. The third-order valence-corrected chi connectivity index (χ3v) is 9.21. The molecule has 10 nitrogen and oxygen atoms in total. The summed E-state index contributed by atoms with van der Waals surface area (Å²) in [6.45, 7) is 6.25. The average Bonchev–Trinajstić information content (AvgIpc) is 3.56. The molecule has 2 N–H and O–H groups in total. The van der Waals surface area contributed by atoms with Gasteiger partial charge >= 0.3 is 0 Å². The summed E-state index contributed by atoms with van der Waals surface area (Å²) in [5, 5.41) is 9.71. The van der Waals surface area contributed by atoms with Crippen LogP contribution in [-0.4, -0.2) is 53.8 Å². The molecular weight excluding hydrogens is 559 g/mol. The molecule has 13 heteroatoms. The molecule has 0 unspecified atom stereocenters. The van der Waals surface area contributed by atoms with E-state index in [1.807, 2.05) is 56.5 Å². The van der Waals surface area contributed by atoms with Gasteiger partial charge in [-0.3, -0.25) is 4.18 Å². The number of hydrogen-bond acceptors (Lipinski definition) is 12. The highest BCUT2D eigenvalue weighted by molar-refractivity contribution is 7.85. The summed E-state index contributed by atoms with van der Waals surface area (Å²) in [4.78, 5) is 15.7. The van der Waals surface area contributed by atoms with E-state index in [0.29, 0.717) is 24.7 Å². The van der Waals surface area contributed by atoms with E-state index in [1.165, 1.54) is 4.88 Å². The summed E-state index contributed by atoms with van der Waals surface area (Å²) < 4.78 is 42.1. The highest BCUT2D eigenvalue weighted by Crippen LogP contribution is 2.53. The minimum absolute atomic E-state index is 0.0213. The first-order valence-electron chi connectivity index (χ1n) is 12.5. The van der Waals surface area contributed by atoms with E-state index in [-0.39, 0.29) is 12.5 Å². The van der Waals surface area contributed by atoms with Gasteiger partial charge in [-0.05, 0) is 44.4 Å². The Morgan fingerprint density at radius 1 is 1.15 bits per heavy atom. The smallest absolute Gasteiger partial charge is 0.264 e. The quantitative estimate of drug-likeness (QED) is 0.259. The molecule has 3 aromatic heterocycles. The Labute approximate surface area is 234 Å². The Morgan fingerprint density at radius 2 is 1.97 bits per heavy atom. The van der Waals surface area contributed by atoms with Gasteiger partial charge in [-0.2, -0.15) is 13.4 Å². The maximum atomic E-state index is 11.6. The van der Waals surface area contributed by atoms with Gasteiger partial charge in [0.1, 0.15) is 16.9 Å². The molecule has 0 bridgehead atoms. The number of rotatable bonds is 9. The van der Waals surface area contributed by atoms with Crippen LogP contribution in [0.2, 0.25) is 0 Å². The standard InChI is InChI=1S/C26H29N5O5S3/c1-15-20(23-29-18-9-5-6-10-19(18)38-23)22(30-24(28-15)27-13-17-8-7-11-37-17)31-26-12-16(14-34-39(4,32)33)21(26)35-25(2,3)36-26/h5-11,16,21H,12-14H2,1-4H3,(H2,27,28,30,31)/t16-,21-,26+/m1/s1. The number of benzene rings is 1. The van der Waals surface area contributed by atoms with Crippen LogP contribution in [-0.2, 0) is 30.3 Å². The van der Waals surface area contributed by atoms with Crippen molar-refractivity contribution >= 4 is 54.8 Å². The number of aromatic nitrogens is 3. The molecule has 1 aliphatic carbocycles. The maximum absolute atomic E-state index is 11.6. The zero-order valence-electron chi connectivity index (χ0n) is 21.9. The van der Waals surface area contributed by atoms with Crippen molar-refractivity contribution in [2.45, 2.75) is 51.4 Å². The van der Waals surface area contributed by atoms with Crippen LogP contribution in [0.15, 0.2) is 41.8 Å². The normalized spacial score (nSPS) is 23.9. The van der Waals surface area contributed by atoms with E-state index < -0.39 is 27.7 Å². The van der Waals surface area contributed by atoms with Crippen LogP contribution < -0.4 is 10.6 Å². The highest BCUT2D eigenvalue weighted by atomic mass is 32.2. The predicted octanol–water partition coefficient (Wildman–Crippen LogP) is 4.99. The van der Waals surface area contributed by atoms with Gasteiger partial charge in [0.15, 0.2) is 11.5 Å². The van der Waals surface area contributed by atoms with Gasteiger partial charge in [0.2, 0.25) is 5.95 Å². The average molecular weight is 588 g/mol. The lowest BCUT2D eigenvalue weighted by Crippen LogP contribution is -2.62. The second kappa shape index (κ2) is 9.75. The van der Waals surface area contributed by atoms with Crippen LogP contribution in [0.3, 0.4) is 0 Å². The topological polar surface area (TPSA) is 125 Å². The number of nitrogens with one attached hydrogen (secondary N) is 2.